The van der Waals surface area contributed by atoms with Crippen LogP contribution in [0.3, 0.4) is 0 Å². The first-order valence-corrected chi connectivity index (χ1v) is 7.96. The van der Waals surface area contributed by atoms with Gasteiger partial charge < -0.3 is 10.6 Å². The van der Waals surface area contributed by atoms with E-state index in [1.807, 2.05) is 0 Å². The van der Waals surface area contributed by atoms with Gasteiger partial charge in [-0.05, 0) is 65.2 Å². The predicted molar refractivity (Wildman–Crippen MR) is 77.7 cm³/mol. The lowest BCUT2D eigenvalue weighted by Crippen LogP contribution is -2.53. The van der Waals surface area contributed by atoms with Crippen molar-refractivity contribution in [2.24, 2.45) is 5.73 Å². The van der Waals surface area contributed by atoms with Crippen molar-refractivity contribution < 1.29 is 0 Å². The highest BCUT2D eigenvalue weighted by molar-refractivity contribution is 4.88. The summed E-state index contributed by atoms with van der Waals surface area (Å²) in [7, 11) is 0. The zero-order valence-corrected chi connectivity index (χ0v) is 12.3. The molecule has 2 saturated heterocycles. The number of hydrogen-bond acceptors (Lipinski definition) is 3. The second-order valence-electron chi connectivity index (χ2n) is 6.18. The monoisotopic (exact) mass is 253 g/mol. The van der Waals surface area contributed by atoms with Gasteiger partial charge in [-0.1, -0.05) is 13.3 Å². The molecule has 2 rings (SSSR count). The van der Waals surface area contributed by atoms with E-state index in [9.17, 15) is 0 Å². The van der Waals surface area contributed by atoms with Crippen LogP contribution in [0.4, 0.5) is 0 Å². The lowest BCUT2D eigenvalue weighted by Gasteiger charge is -2.43. The van der Waals surface area contributed by atoms with Crippen LogP contribution < -0.4 is 5.73 Å². The highest BCUT2D eigenvalue weighted by Gasteiger charge is 2.31. The van der Waals surface area contributed by atoms with Crippen molar-refractivity contribution in [3.8, 4) is 0 Å². The Balaban J connectivity index is 1.95. The number of nitrogens with two attached hydrogens (primary N) is 1. The Morgan fingerprint density at radius 1 is 1.06 bits per heavy atom. The molecule has 2 aliphatic rings. The molecule has 2 N–H and O–H groups in total. The van der Waals surface area contributed by atoms with Crippen molar-refractivity contribution in [3.05, 3.63) is 0 Å². The zero-order valence-electron chi connectivity index (χ0n) is 12.3. The molecule has 0 saturated carbocycles. The average Bonchev–Trinajstić information content (AvgIpc) is 2.63. The third-order valence-corrected chi connectivity index (χ3v) is 4.91. The van der Waals surface area contributed by atoms with Crippen molar-refractivity contribution in [2.75, 3.05) is 26.2 Å². The van der Waals surface area contributed by atoms with E-state index in [1.54, 1.807) is 0 Å². The van der Waals surface area contributed by atoms with E-state index < -0.39 is 0 Å². The maximum atomic E-state index is 6.20. The van der Waals surface area contributed by atoms with Crippen LogP contribution in [0.25, 0.3) is 0 Å². The largest absolute Gasteiger partial charge is 0.327 e. The molecular weight excluding hydrogens is 222 g/mol. The fourth-order valence-electron chi connectivity index (χ4n) is 3.78. The molecule has 2 aliphatic heterocycles. The van der Waals surface area contributed by atoms with Crippen molar-refractivity contribution in [1.82, 2.24) is 9.80 Å². The maximum absolute atomic E-state index is 6.20. The fraction of sp³-hybridized carbons (Fsp3) is 1.00. The number of nitrogens with zero attached hydrogens (tertiary/aromatic N) is 2. The van der Waals surface area contributed by atoms with Gasteiger partial charge in [-0.25, -0.2) is 0 Å². The fourth-order valence-corrected chi connectivity index (χ4v) is 3.78. The van der Waals surface area contributed by atoms with E-state index in [2.05, 4.69) is 23.6 Å². The summed E-state index contributed by atoms with van der Waals surface area (Å²) < 4.78 is 0. The quantitative estimate of drug-likeness (QED) is 0.835. The molecule has 18 heavy (non-hydrogen) atoms. The standard InChI is InChI=1S/C15H31N3/c1-3-17-10-6-7-14(9-12-17)18-11-5-4-8-15(18)13(2)16/h13-15H,3-12,16H2,1-2H3. The van der Waals surface area contributed by atoms with Gasteiger partial charge in [0.15, 0.2) is 0 Å². The van der Waals surface area contributed by atoms with Crippen LogP contribution in [0, 0.1) is 0 Å². The van der Waals surface area contributed by atoms with Crippen LogP contribution in [-0.4, -0.2) is 54.1 Å². The number of hydrogen-bond donors (Lipinski definition) is 1. The minimum absolute atomic E-state index is 0.329. The molecule has 2 fully saturated rings. The normalized spacial score (nSPS) is 34.2. The van der Waals surface area contributed by atoms with E-state index in [0.29, 0.717) is 12.1 Å². The van der Waals surface area contributed by atoms with Crippen molar-refractivity contribution in [2.45, 2.75) is 70.5 Å². The van der Waals surface area contributed by atoms with Crippen LogP contribution >= 0.6 is 0 Å². The molecule has 0 aromatic carbocycles. The Morgan fingerprint density at radius 3 is 2.61 bits per heavy atom. The van der Waals surface area contributed by atoms with Crippen LogP contribution in [0.5, 0.6) is 0 Å². The summed E-state index contributed by atoms with van der Waals surface area (Å²) in [6.07, 6.45) is 8.14. The second kappa shape index (κ2) is 6.88. The molecule has 0 aliphatic carbocycles. The van der Waals surface area contributed by atoms with Crippen LogP contribution in [-0.2, 0) is 0 Å². The van der Waals surface area contributed by atoms with Crippen LogP contribution in [0.2, 0.25) is 0 Å². The lowest BCUT2D eigenvalue weighted by molar-refractivity contribution is 0.0730. The minimum atomic E-state index is 0.329. The molecule has 0 amide bonds. The summed E-state index contributed by atoms with van der Waals surface area (Å²) in [6.45, 7) is 9.55. The summed E-state index contributed by atoms with van der Waals surface area (Å²) in [5.74, 6) is 0. The number of likely N-dealkylation sites (tertiary alicyclic amines) is 2. The third-order valence-electron chi connectivity index (χ3n) is 4.91. The molecule has 0 spiro atoms. The Labute approximate surface area is 113 Å². The third kappa shape index (κ3) is 3.46. The van der Waals surface area contributed by atoms with E-state index in [4.69, 9.17) is 5.73 Å². The highest BCUT2D eigenvalue weighted by Crippen LogP contribution is 2.26. The van der Waals surface area contributed by atoms with Gasteiger partial charge in [-0.15, -0.1) is 0 Å². The van der Waals surface area contributed by atoms with Crippen molar-refractivity contribution >= 4 is 0 Å². The number of piperidine rings is 1. The second-order valence-corrected chi connectivity index (χ2v) is 6.18. The van der Waals surface area contributed by atoms with Gasteiger partial charge in [0.2, 0.25) is 0 Å². The van der Waals surface area contributed by atoms with E-state index in [0.717, 1.165) is 6.04 Å². The molecule has 0 bridgehead atoms. The summed E-state index contributed by atoms with van der Waals surface area (Å²) in [5, 5.41) is 0. The Kier molecular flexibility index (Phi) is 5.46. The van der Waals surface area contributed by atoms with Gasteiger partial charge in [0.05, 0.1) is 0 Å². The summed E-state index contributed by atoms with van der Waals surface area (Å²) in [6, 6.07) is 1.76. The lowest BCUT2D eigenvalue weighted by atomic mass is 9.93. The maximum Gasteiger partial charge on any atom is 0.0247 e. The molecular formula is C15H31N3. The first-order chi connectivity index (χ1) is 8.72. The highest BCUT2D eigenvalue weighted by atomic mass is 15.2. The van der Waals surface area contributed by atoms with Gasteiger partial charge >= 0.3 is 0 Å². The van der Waals surface area contributed by atoms with Crippen molar-refractivity contribution in [3.63, 3.8) is 0 Å². The first kappa shape index (κ1) is 14.3. The van der Waals surface area contributed by atoms with Crippen LogP contribution in [0.15, 0.2) is 0 Å². The molecule has 0 aromatic rings. The topological polar surface area (TPSA) is 32.5 Å². The minimum Gasteiger partial charge on any atom is -0.327 e. The summed E-state index contributed by atoms with van der Waals surface area (Å²) >= 11 is 0. The Morgan fingerprint density at radius 2 is 1.89 bits per heavy atom. The average molecular weight is 253 g/mol. The van der Waals surface area contributed by atoms with Crippen LogP contribution in [0.1, 0.15) is 52.4 Å². The Bertz CT molecular complexity index is 242. The van der Waals surface area contributed by atoms with Gasteiger partial charge in [-0.2, -0.15) is 0 Å². The first-order valence-electron chi connectivity index (χ1n) is 7.96. The molecule has 0 radical (unpaired) electrons. The molecule has 2 heterocycles. The molecule has 106 valence electrons. The molecule has 3 heteroatoms. The van der Waals surface area contributed by atoms with Gasteiger partial charge in [0.1, 0.15) is 0 Å². The molecule has 3 unspecified atom stereocenters. The number of rotatable bonds is 3. The molecule has 3 nitrogen and oxygen atoms in total. The van der Waals surface area contributed by atoms with E-state index in [1.165, 1.54) is 64.7 Å². The van der Waals surface area contributed by atoms with E-state index in [-0.39, 0.29) is 0 Å². The molecule has 3 atom stereocenters. The van der Waals surface area contributed by atoms with Crippen molar-refractivity contribution in [1.29, 1.82) is 0 Å². The zero-order chi connectivity index (χ0) is 13.0. The summed E-state index contributed by atoms with van der Waals surface area (Å²) in [5.41, 5.74) is 6.20. The molecule has 0 aromatic heterocycles. The van der Waals surface area contributed by atoms with Gasteiger partial charge in [0, 0.05) is 18.1 Å². The van der Waals surface area contributed by atoms with E-state index >= 15 is 0 Å². The smallest absolute Gasteiger partial charge is 0.0247 e. The SMILES string of the molecule is CCN1CCCC(N2CCCCC2C(C)N)CC1. The van der Waals surface area contributed by atoms with Gasteiger partial charge in [-0.3, -0.25) is 4.90 Å². The Hall–Kier alpha value is -0.120. The van der Waals surface area contributed by atoms with Gasteiger partial charge in [0.25, 0.3) is 0 Å². The summed E-state index contributed by atoms with van der Waals surface area (Å²) in [4.78, 5) is 5.36. The predicted octanol–water partition coefficient (Wildman–Crippen LogP) is 2.06.